The number of aryl methyl sites for hydroxylation is 1. The fraction of sp³-hybridized carbons (Fsp3) is 0.500. The van der Waals surface area contributed by atoms with Crippen LogP contribution in [0.4, 0.5) is 11.4 Å². The molecule has 0 bridgehead atoms. The predicted molar refractivity (Wildman–Crippen MR) is 83.2 cm³/mol. The maximum absolute atomic E-state index is 11.8. The van der Waals surface area contributed by atoms with Gasteiger partial charge in [-0.1, -0.05) is 6.07 Å². The Morgan fingerprint density at radius 2 is 1.86 bits per heavy atom. The number of benzene rings is 1. The second kappa shape index (κ2) is 5.47. The molecule has 0 radical (unpaired) electrons. The second-order valence-corrected chi connectivity index (χ2v) is 8.96. The van der Waals surface area contributed by atoms with Gasteiger partial charge in [-0.3, -0.25) is 9.03 Å². The maximum atomic E-state index is 11.8. The van der Waals surface area contributed by atoms with Crippen LogP contribution in [0.3, 0.4) is 0 Å². The van der Waals surface area contributed by atoms with Crippen molar-refractivity contribution in [1.82, 2.24) is 4.31 Å². The van der Waals surface area contributed by atoms with E-state index in [1.165, 1.54) is 18.4 Å². The summed E-state index contributed by atoms with van der Waals surface area (Å²) < 4.78 is 52.1. The maximum Gasteiger partial charge on any atom is 0.301 e. The third-order valence-corrected chi connectivity index (χ3v) is 5.92. The highest BCUT2D eigenvalue weighted by atomic mass is 32.2. The molecule has 0 aliphatic carbocycles. The van der Waals surface area contributed by atoms with Gasteiger partial charge in [0.25, 0.3) is 0 Å². The molecule has 1 aliphatic heterocycles. The fourth-order valence-corrected chi connectivity index (χ4v) is 3.78. The molecular formula is C12H19N3O4S2. The van der Waals surface area contributed by atoms with Crippen LogP contribution in [0.1, 0.15) is 12.0 Å². The number of hydrogen-bond donors (Lipinski definition) is 1. The molecule has 0 fully saturated rings. The first-order valence-electron chi connectivity index (χ1n) is 6.42. The molecular weight excluding hydrogens is 314 g/mol. The third-order valence-electron chi connectivity index (χ3n) is 3.29. The first kappa shape index (κ1) is 16.1. The monoisotopic (exact) mass is 333 g/mol. The second-order valence-electron chi connectivity index (χ2n) is 5.17. The van der Waals surface area contributed by atoms with Crippen molar-refractivity contribution in [2.45, 2.75) is 12.8 Å². The van der Waals surface area contributed by atoms with Gasteiger partial charge in [0.15, 0.2) is 0 Å². The van der Waals surface area contributed by atoms with Gasteiger partial charge in [0, 0.05) is 20.6 Å². The predicted octanol–water partition coefficient (Wildman–Crippen LogP) is 0.617. The van der Waals surface area contributed by atoms with Gasteiger partial charge >= 0.3 is 10.2 Å². The minimum atomic E-state index is -3.62. The van der Waals surface area contributed by atoms with Crippen molar-refractivity contribution in [3.8, 4) is 0 Å². The number of rotatable bonds is 4. The minimum Gasteiger partial charge on any atom is -0.271 e. The fourth-order valence-electron chi connectivity index (χ4n) is 2.19. The number of sulfonamides is 1. The van der Waals surface area contributed by atoms with Gasteiger partial charge in [0.1, 0.15) is 0 Å². The van der Waals surface area contributed by atoms with E-state index in [-0.39, 0.29) is 0 Å². The quantitative estimate of drug-likeness (QED) is 0.875. The number of anilines is 2. The molecule has 118 valence electrons. The Balaban J connectivity index is 2.42. The van der Waals surface area contributed by atoms with E-state index in [9.17, 15) is 16.8 Å². The standard InChI is InChI=1S/C12H19N3O4S2/c1-14(2)21(18,19)13-11-7-6-10-5-4-8-15(12(10)9-11)20(3,16)17/h6-7,9,13H,4-5,8H2,1-3H3. The lowest BCUT2D eigenvalue weighted by Crippen LogP contribution is -2.34. The molecule has 0 amide bonds. The molecule has 0 atom stereocenters. The lowest BCUT2D eigenvalue weighted by molar-refractivity contribution is 0.527. The van der Waals surface area contributed by atoms with Crippen molar-refractivity contribution in [3.05, 3.63) is 23.8 Å². The smallest absolute Gasteiger partial charge is 0.271 e. The van der Waals surface area contributed by atoms with Gasteiger partial charge in [-0.05, 0) is 30.5 Å². The Labute approximate surface area is 125 Å². The van der Waals surface area contributed by atoms with E-state index in [0.29, 0.717) is 17.9 Å². The highest BCUT2D eigenvalue weighted by Gasteiger charge is 2.25. The SMILES string of the molecule is CN(C)S(=O)(=O)Nc1ccc2c(c1)N(S(C)(=O)=O)CCC2. The number of nitrogens with zero attached hydrogens (tertiary/aromatic N) is 2. The van der Waals surface area contributed by atoms with Crippen LogP contribution in [0.25, 0.3) is 0 Å². The molecule has 1 N–H and O–H groups in total. The zero-order valence-electron chi connectivity index (χ0n) is 12.2. The molecule has 0 saturated heterocycles. The molecule has 0 spiro atoms. The van der Waals surface area contributed by atoms with E-state index in [4.69, 9.17) is 0 Å². The first-order chi connectivity index (χ1) is 9.61. The molecule has 1 aromatic carbocycles. The minimum absolute atomic E-state index is 0.345. The van der Waals surface area contributed by atoms with E-state index in [0.717, 1.165) is 29.0 Å². The topological polar surface area (TPSA) is 86.8 Å². The van der Waals surface area contributed by atoms with Crippen molar-refractivity contribution >= 4 is 31.6 Å². The Bertz CT molecular complexity index is 742. The van der Waals surface area contributed by atoms with Crippen LogP contribution in [0, 0.1) is 0 Å². The van der Waals surface area contributed by atoms with Crippen LogP contribution in [-0.4, -0.2) is 48.0 Å². The van der Waals surface area contributed by atoms with Crippen LogP contribution >= 0.6 is 0 Å². The zero-order valence-corrected chi connectivity index (χ0v) is 13.8. The van der Waals surface area contributed by atoms with Crippen molar-refractivity contribution in [2.24, 2.45) is 0 Å². The summed E-state index contributed by atoms with van der Waals surface area (Å²) in [7, 11) is -4.15. The van der Waals surface area contributed by atoms with Crippen molar-refractivity contribution in [3.63, 3.8) is 0 Å². The molecule has 0 aromatic heterocycles. The van der Waals surface area contributed by atoms with Gasteiger partial charge in [-0.2, -0.15) is 12.7 Å². The molecule has 1 aromatic rings. The first-order valence-corrected chi connectivity index (χ1v) is 9.71. The average molecular weight is 333 g/mol. The Morgan fingerprint density at radius 3 is 2.43 bits per heavy atom. The molecule has 7 nitrogen and oxygen atoms in total. The van der Waals surface area contributed by atoms with E-state index in [2.05, 4.69) is 4.72 Å². The Kier molecular flexibility index (Phi) is 4.18. The highest BCUT2D eigenvalue weighted by Crippen LogP contribution is 2.32. The molecule has 0 saturated carbocycles. The average Bonchev–Trinajstić information content (AvgIpc) is 2.36. The molecule has 21 heavy (non-hydrogen) atoms. The summed E-state index contributed by atoms with van der Waals surface area (Å²) in [6, 6.07) is 4.97. The lowest BCUT2D eigenvalue weighted by Gasteiger charge is -2.29. The van der Waals surface area contributed by atoms with E-state index in [1.54, 1.807) is 18.2 Å². The summed E-state index contributed by atoms with van der Waals surface area (Å²) in [6.07, 6.45) is 2.68. The van der Waals surface area contributed by atoms with Crippen molar-refractivity contribution < 1.29 is 16.8 Å². The largest absolute Gasteiger partial charge is 0.301 e. The van der Waals surface area contributed by atoms with Crippen LogP contribution in [0.15, 0.2) is 18.2 Å². The van der Waals surface area contributed by atoms with Crippen molar-refractivity contribution in [2.75, 3.05) is 35.9 Å². The van der Waals surface area contributed by atoms with Gasteiger partial charge in [-0.25, -0.2) is 8.42 Å². The summed E-state index contributed by atoms with van der Waals surface area (Å²) >= 11 is 0. The molecule has 1 heterocycles. The summed E-state index contributed by atoms with van der Waals surface area (Å²) in [4.78, 5) is 0. The summed E-state index contributed by atoms with van der Waals surface area (Å²) in [5.41, 5.74) is 1.79. The number of hydrogen-bond acceptors (Lipinski definition) is 4. The van der Waals surface area contributed by atoms with Crippen LogP contribution < -0.4 is 9.03 Å². The Morgan fingerprint density at radius 1 is 1.19 bits per heavy atom. The van der Waals surface area contributed by atoms with Gasteiger partial charge in [0.05, 0.1) is 17.6 Å². The van der Waals surface area contributed by atoms with Gasteiger partial charge in [0.2, 0.25) is 10.0 Å². The lowest BCUT2D eigenvalue weighted by atomic mass is 10.0. The normalized spacial score (nSPS) is 15.9. The van der Waals surface area contributed by atoms with E-state index >= 15 is 0 Å². The summed E-state index contributed by atoms with van der Waals surface area (Å²) in [5.74, 6) is 0. The van der Waals surface area contributed by atoms with Crippen molar-refractivity contribution in [1.29, 1.82) is 0 Å². The Hall–Kier alpha value is -1.32. The van der Waals surface area contributed by atoms with E-state index < -0.39 is 20.2 Å². The van der Waals surface area contributed by atoms with E-state index in [1.807, 2.05) is 0 Å². The van der Waals surface area contributed by atoms with Gasteiger partial charge in [-0.15, -0.1) is 0 Å². The molecule has 9 heteroatoms. The summed E-state index contributed by atoms with van der Waals surface area (Å²) in [5, 5.41) is 0. The summed E-state index contributed by atoms with van der Waals surface area (Å²) in [6.45, 7) is 0.412. The van der Waals surface area contributed by atoms with Crippen LogP contribution in [0.2, 0.25) is 0 Å². The third kappa shape index (κ3) is 3.47. The van der Waals surface area contributed by atoms with Crippen LogP contribution in [0.5, 0.6) is 0 Å². The van der Waals surface area contributed by atoms with Gasteiger partial charge < -0.3 is 0 Å². The number of fused-ring (bicyclic) bond motifs is 1. The molecule has 2 rings (SSSR count). The molecule has 0 unspecified atom stereocenters. The zero-order chi connectivity index (χ0) is 15.8. The number of nitrogens with one attached hydrogen (secondary N) is 1. The molecule has 1 aliphatic rings. The van der Waals surface area contributed by atoms with Crippen LogP contribution in [-0.2, 0) is 26.7 Å². The highest BCUT2D eigenvalue weighted by molar-refractivity contribution is 7.92.